The molecule has 0 fully saturated rings. The minimum atomic E-state index is -0.516. The predicted molar refractivity (Wildman–Crippen MR) is 105 cm³/mol. The van der Waals surface area contributed by atoms with Gasteiger partial charge in [0.2, 0.25) is 0 Å². The van der Waals surface area contributed by atoms with Crippen LogP contribution in [0.25, 0.3) is 29.1 Å². The van der Waals surface area contributed by atoms with E-state index in [1.807, 2.05) is 30.5 Å². The molecule has 1 atom stereocenters. The van der Waals surface area contributed by atoms with E-state index in [4.69, 9.17) is 16.1 Å². The van der Waals surface area contributed by atoms with E-state index in [2.05, 4.69) is 24.2 Å². The third kappa shape index (κ3) is 2.79. The molecule has 0 bridgehead atoms. The largest absolute Gasteiger partial charge is 0.508 e. The molecule has 1 aliphatic rings. The van der Waals surface area contributed by atoms with E-state index in [-0.39, 0.29) is 5.75 Å². The van der Waals surface area contributed by atoms with Crippen LogP contribution in [-0.2, 0) is 0 Å². The fourth-order valence-corrected chi connectivity index (χ4v) is 3.95. The third-order valence-corrected chi connectivity index (χ3v) is 5.14. The first-order valence-corrected chi connectivity index (χ1v) is 9.15. The molecule has 2 heterocycles. The Balaban J connectivity index is 2.22. The van der Waals surface area contributed by atoms with Crippen molar-refractivity contribution >= 4 is 29.0 Å². The van der Waals surface area contributed by atoms with Crippen molar-refractivity contribution in [3.05, 3.63) is 51.9 Å². The Bertz CT molecular complexity index is 1150. The average Bonchev–Trinajstić information content (AvgIpc) is 3.12. The van der Waals surface area contributed by atoms with Crippen LogP contribution in [0.15, 0.2) is 28.8 Å². The monoisotopic (exact) mass is 382 g/mol. The first-order chi connectivity index (χ1) is 12.9. The Morgan fingerprint density at radius 2 is 2.00 bits per heavy atom. The van der Waals surface area contributed by atoms with Gasteiger partial charge in [-0.25, -0.2) is 0 Å². The van der Waals surface area contributed by atoms with Crippen LogP contribution in [0, 0.1) is 19.8 Å². The number of hydrogen-bond acceptors (Lipinski definition) is 4. The van der Waals surface area contributed by atoms with E-state index in [1.54, 1.807) is 12.1 Å². The molecular formula is C21H19ClN2O3. The topological polar surface area (TPSA) is 68.3 Å². The Hall–Kier alpha value is -2.79. The van der Waals surface area contributed by atoms with Crippen LogP contribution in [0.1, 0.15) is 35.2 Å². The van der Waals surface area contributed by atoms with E-state index in [1.165, 1.54) is 0 Å². The molecule has 6 heteroatoms. The van der Waals surface area contributed by atoms with Gasteiger partial charge >= 0.3 is 0 Å². The van der Waals surface area contributed by atoms with Crippen LogP contribution < -0.4 is 10.6 Å². The van der Waals surface area contributed by atoms with Crippen molar-refractivity contribution in [2.24, 2.45) is 5.92 Å². The van der Waals surface area contributed by atoms with Gasteiger partial charge < -0.3 is 14.2 Å². The van der Waals surface area contributed by atoms with Crippen LogP contribution >= 0.6 is 11.6 Å². The first kappa shape index (κ1) is 17.6. The summed E-state index contributed by atoms with van der Waals surface area (Å²) in [7, 11) is 0. The highest BCUT2D eigenvalue weighted by Gasteiger charge is 2.27. The maximum absolute atomic E-state index is 12.5. The van der Waals surface area contributed by atoms with E-state index in [9.17, 15) is 9.90 Å². The lowest BCUT2D eigenvalue weighted by Gasteiger charge is -2.12. The number of benzene rings is 1. The maximum Gasteiger partial charge on any atom is 0.255 e. The molecule has 0 aliphatic heterocycles. The zero-order valence-corrected chi connectivity index (χ0v) is 16.0. The van der Waals surface area contributed by atoms with Crippen LogP contribution in [0.3, 0.4) is 0 Å². The number of phenols is 1. The number of fused-ring (bicyclic) bond motifs is 1. The van der Waals surface area contributed by atoms with Crippen LogP contribution in [0.5, 0.6) is 5.75 Å². The summed E-state index contributed by atoms with van der Waals surface area (Å²) >= 11 is 6.06. The summed E-state index contributed by atoms with van der Waals surface area (Å²) < 4.78 is 7.37. The molecule has 0 amide bonds. The Kier molecular flexibility index (Phi) is 4.19. The molecule has 27 heavy (non-hydrogen) atoms. The summed E-state index contributed by atoms with van der Waals surface area (Å²) in [5, 5.41) is 15.0. The minimum absolute atomic E-state index is 0.177. The van der Waals surface area contributed by atoms with Crippen molar-refractivity contribution in [2.45, 2.75) is 27.2 Å². The molecule has 0 saturated carbocycles. The Labute approximate surface area is 161 Å². The van der Waals surface area contributed by atoms with Gasteiger partial charge in [0.1, 0.15) is 11.5 Å². The molecule has 1 aliphatic carbocycles. The molecule has 0 spiro atoms. The second-order valence-corrected chi connectivity index (χ2v) is 7.27. The van der Waals surface area contributed by atoms with Crippen molar-refractivity contribution in [1.29, 1.82) is 0 Å². The van der Waals surface area contributed by atoms with Crippen molar-refractivity contribution in [3.8, 4) is 22.7 Å². The number of hydrogen-bond donors (Lipinski definition) is 1. The van der Waals surface area contributed by atoms with Crippen molar-refractivity contribution in [1.82, 2.24) is 9.72 Å². The number of aryl methyl sites for hydroxylation is 2. The lowest BCUT2D eigenvalue weighted by atomic mass is 9.99. The molecular weight excluding hydrogens is 364 g/mol. The van der Waals surface area contributed by atoms with Gasteiger partial charge in [-0.1, -0.05) is 24.2 Å². The molecule has 0 radical (unpaired) electrons. The van der Waals surface area contributed by atoms with Gasteiger partial charge in [-0.05, 0) is 62.1 Å². The highest BCUT2D eigenvalue weighted by molar-refractivity contribution is 6.68. The molecule has 5 nitrogen and oxygen atoms in total. The van der Waals surface area contributed by atoms with Gasteiger partial charge in [0.25, 0.3) is 5.24 Å². The molecule has 3 aromatic rings. The summed E-state index contributed by atoms with van der Waals surface area (Å²) in [4.78, 5) is 12.5. The highest BCUT2D eigenvalue weighted by atomic mass is 35.5. The number of aromatic nitrogens is 2. The number of carbonyl (C=O) groups is 1. The summed E-state index contributed by atoms with van der Waals surface area (Å²) in [6.45, 7) is 5.77. The highest BCUT2D eigenvalue weighted by Crippen LogP contribution is 2.32. The number of carbonyl (C=O) groups excluding carboxylic acids is 1. The van der Waals surface area contributed by atoms with E-state index in [0.717, 1.165) is 28.2 Å². The second-order valence-electron chi connectivity index (χ2n) is 6.93. The fraction of sp³-hybridized carbons (Fsp3) is 0.238. The molecule has 4 rings (SSSR count). The summed E-state index contributed by atoms with van der Waals surface area (Å²) in [6.07, 6.45) is 5.08. The van der Waals surface area contributed by atoms with Gasteiger partial charge in [0.15, 0.2) is 0 Å². The Morgan fingerprint density at radius 1 is 1.30 bits per heavy atom. The third-order valence-electron chi connectivity index (χ3n) is 4.96. The number of nitrogens with zero attached hydrogens (tertiary/aromatic N) is 2. The zero-order valence-electron chi connectivity index (χ0n) is 15.3. The number of aromatic hydroxyl groups is 1. The molecule has 2 aromatic heterocycles. The molecule has 0 saturated heterocycles. The van der Waals surface area contributed by atoms with Crippen molar-refractivity contribution in [3.63, 3.8) is 0 Å². The smallest absolute Gasteiger partial charge is 0.255 e. The van der Waals surface area contributed by atoms with Gasteiger partial charge in [0.05, 0.1) is 22.5 Å². The number of rotatable bonds is 3. The van der Waals surface area contributed by atoms with Gasteiger partial charge in [-0.15, -0.1) is 0 Å². The first-order valence-electron chi connectivity index (χ1n) is 8.77. The Morgan fingerprint density at radius 3 is 2.59 bits per heavy atom. The van der Waals surface area contributed by atoms with Crippen LogP contribution in [0.4, 0.5) is 0 Å². The second kappa shape index (κ2) is 6.43. The summed E-state index contributed by atoms with van der Waals surface area (Å²) in [5.74, 6) is 1.10. The van der Waals surface area contributed by atoms with E-state index >= 15 is 0 Å². The van der Waals surface area contributed by atoms with Gasteiger partial charge in [-0.2, -0.15) is 0 Å². The molecule has 1 unspecified atom stereocenters. The van der Waals surface area contributed by atoms with Crippen LogP contribution in [-0.4, -0.2) is 20.1 Å². The molecule has 138 valence electrons. The molecule has 1 N–H and O–H groups in total. The predicted octanol–water partition coefficient (Wildman–Crippen LogP) is 3.43. The lowest BCUT2D eigenvalue weighted by molar-refractivity contribution is 0.108. The number of phenolic OH excluding ortho intramolecular Hbond substituents is 1. The van der Waals surface area contributed by atoms with Crippen molar-refractivity contribution < 1.29 is 14.4 Å². The summed E-state index contributed by atoms with van der Waals surface area (Å²) in [5.41, 5.74) is 3.40. The van der Waals surface area contributed by atoms with Crippen LogP contribution in [0.2, 0.25) is 0 Å². The lowest BCUT2D eigenvalue weighted by Crippen LogP contribution is -2.33. The van der Waals surface area contributed by atoms with E-state index < -0.39 is 5.24 Å². The van der Waals surface area contributed by atoms with Crippen molar-refractivity contribution in [2.75, 3.05) is 0 Å². The quantitative estimate of drug-likeness (QED) is 0.704. The van der Waals surface area contributed by atoms with Gasteiger partial charge in [-0.3, -0.25) is 4.79 Å². The van der Waals surface area contributed by atoms with E-state index in [0.29, 0.717) is 28.6 Å². The minimum Gasteiger partial charge on any atom is -0.508 e. The number of halogens is 1. The summed E-state index contributed by atoms with van der Waals surface area (Å²) in [6, 6.07) is 6.86. The normalized spacial score (nSPS) is 15.8. The maximum atomic E-state index is 12.5. The SMILES string of the molecule is Cc1noc(C)c1-c1c(C(=O)Cl)c2c(n1-c1ccc(O)cc1)=CCC(C)C=2. The van der Waals surface area contributed by atoms with Gasteiger partial charge in [0, 0.05) is 16.3 Å². The standard InChI is InChI=1S/C21H19ClN2O3/c1-11-4-9-17-16(10-11)19(21(22)26)20(18-12(2)23-27-13(18)3)24(17)14-5-7-15(25)8-6-14/h5-11,25H,4H2,1-3H3. The average molecular weight is 383 g/mol. The fourth-order valence-electron chi connectivity index (χ4n) is 3.76. The molecule has 1 aromatic carbocycles. The zero-order chi connectivity index (χ0) is 19.3.